The standard InChI is InChI=1S/C26H17F2N/c27-23-16-21-22(17-24(23)28)26(19-12-6-2-7-13-19)29(20-14-8-3-9-15-20)25(21)18-10-4-1-5-11-18/h1-17H. The Labute approximate surface area is 167 Å². The first-order valence-electron chi connectivity index (χ1n) is 9.44. The molecule has 4 aromatic carbocycles. The van der Waals surface area contributed by atoms with Crippen LogP contribution in [0, 0.1) is 11.6 Å². The summed E-state index contributed by atoms with van der Waals surface area (Å²) in [7, 11) is 0. The third-order valence-corrected chi connectivity index (χ3v) is 5.13. The van der Waals surface area contributed by atoms with Crippen LogP contribution in [0.5, 0.6) is 0 Å². The molecular weight excluding hydrogens is 364 g/mol. The normalized spacial score (nSPS) is 11.1. The predicted molar refractivity (Wildman–Crippen MR) is 114 cm³/mol. The minimum atomic E-state index is -0.848. The molecular formula is C26H17F2N. The van der Waals surface area contributed by atoms with Crippen LogP contribution < -0.4 is 0 Å². The van der Waals surface area contributed by atoms with Gasteiger partial charge in [-0.15, -0.1) is 0 Å². The molecule has 0 aliphatic rings. The summed E-state index contributed by atoms with van der Waals surface area (Å²) in [5.41, 5.74) is 4.49. The van der Waals surface area contributed by atoms with E-state index in [9.17, 15) is 8.78 Å². The average molecular weight is 381 g/mol. The van der Waals surface area contributed by atoms with Crippen molar-refractivity contribution < 1.29 is 8.78 Å². The van der Waals surface area contributed by atoms with Gasteiger partial charge in [0.1, 0.15) is 0 Å². The van der Waals surface area contributed by atoms with E-state index < -0.39 is 11.6 Å². The number of para-hydroxylation sites is 1. The third-order valence-electron chi connectivity index (χ3n) is 5.13. The highest BCUT2D eigenvalue weighted by atomic mass is 19.2. The van der Waals surface area contributed by atoms with Gasteiger partial charge in [-0.1, -0.05) is 78.9 Å². The van der Waals surface area contributed by atoms with Crippen molar-refractivity contribution in [2.45, 2.75) is 0 Å². The second-order valence-electron chi connectivity index (χ2n) is 6.91. The number of rotatable bonds is 3. The Morgan fingerprint density at radius 2 is 0.862 bits per heavy atom. The van der Waals surface area contributed by atoms with Crippen LogP contribution in [0.25, 0.3) is 39.0 Å². The fourth-order valence-corrected chi connectivity index (χ4v) is 3.89. The van der Waals surface area contributed by atoms with Crippen LogP contribution >= 0.6 is 0 Å². The van der Waals surface area contributed by atoms with Crippen LogP contribution in [0.1, 0.15) is 0 Å². The molecule has 29 heavy (non-hydrogen) atoms. The van der Waals surface area contributed by atoms with Gasteiger partial charge in [0.2, 0.25) is 0 Å². The topological polar surface area (TPSA) is 4.93 Å². The van der Waals surface area contributed by atoms with Crippen molar-refractivity contribution in [2.24, 2.45) is 0 Å². The molecule has 3 heteroatoms. The number of nitrogens with zero attached hydrogens (tertiary/aromatic N) is 1. The predicted octanol–water partition coefficient (Wildman–Crippen LogP) is 7.24. The number of hydrogen-bond acceptors (Lipinski definition) is 0. The lowest BCUT2D eigenvalue weighted by Gasteiger charge is -2.14. The summed E-state index contributed by atoms with van der Waals surface area (Å²) in [4.78, 5) is 0. The highest BCUT2D eigenvalue weighted by molar-refractivity contribution is 6.06. The van der Waals surface area contributed by atoms with Gasteiger partial charge in [0.05, 0.1) is 11.4 Å². The van der Waals surface area contributed by atoms with Gasteiger partial charge in [-0.3, -0.25) is 0 Å². The molecule has 0 atom stereocenters. The summed E-state index contributed by atoms with van der Waals surface area (Å²) in [6, 6.07) is 32.1. The van der Waals surface area contributed by atoms with Crippen molar-refractivity contribution in [3.63, 3.8) is 0 Å². The van der Waals surface area contributed by atoms with Crippen molar-refractivity contribution in [3.05, 3.63) is 115 Å². The molecule has 1 nitrogen and oxygen atoms in total. The molecule has 1 aromatic heterocycles. The summed E-state index contributed by atoms with van der Waals surface area (Å²) < 4.78 is 30.7. The van der Waals surface area contributed by atoms with Crippen LogP contribution in [0.2, 0.25) is 0 Å². The Morgan fingerprint density at radius 3 is 1.28 bits per heavy atom. The molecule has 0 aliphatic heterocycles. The largest absolute Gasteiger partial charge is 0.308 e. The molecule has 0 saturated heterocycles. The number of fused-ring (bicyclic) bond motifs is 1. The Hall–Kier alpha value is -3.72. The van der Waals surface area contributed by atoms with Gasteiger partial charge in [-0.05, 0) is 35.4 Å². The van der Waals surface area contributed by atoms with Gasteiger partial charge in [0, 0.05) is 16.5 Å². The van der Waals surface area contributed by atoms with E-state index in [1.807, 2.05) is 91.0 Å². The molecule has 0 spiro atoms. The number of halogens is 2. The molecule has 1 heterocycles. The van der Waals surface area contributed by atoms with Crippen LogP contribution in [0.15, 0.2) is 103 Å². The van der Waals surface area contributed by atoms with E-state index in [-0.39, 0.29) is 0 Å². The first-order valence-corrected chi connectivity index (χ1v) is 9.44. The van der Waals surface area contributed by atoms with Crippen molar-refractivity contribution in [2.75, 3.05) is 0 Å². The minimum absolute atomic E-state index is 0.679. The highest BCUT2D eigenvalue weighted by Gasteiger charge is 2.22. The molecule has 5 aromatic rings. The van der Waals surface area contributed by atoms with E-state index in [1.54, 1.807) is 0 Å². The quantitative estimate of drug-likeness (QED) is 0.310. The Morgan fingerprint density at radius 1 is 0.483 bits per heavy atom. The summed E-state index contributed by atoms with van der Waals surface area (Å²) in [6.07, 6.45) is 0. The molecule has 0 amide bonds. The highest BCUT2D eigenvalue weighted by Crippen LogP contribution is 2.42. The maximum Gasteiger partial charge on any atom is 0.159 e. The molecule has 0 aliphatic carbocycles. The molecule has 0 radical (unpaired) electrons. The third kappa shape index (κ3) is 2.92. The fraction of sp³-hybridized carbons (Fsp3) is 0. The molecule has 0 bridgehead atoms. The van der Waals surface area contributed by atoms with Gasteiger partial charge >= 0.3 is 0 Å². The summed E-state index contributed by atoms with van der Waals surface area (Å²) in [5, 5.41) is 1.36. The maximum atomic E-state index is 14.3. The molecule has 140 valence electrons. The summed E-state index contributed by atoms with van der Waals surface area (Å²) in [5.74, 6) is -1.70. The lowest BCUT2D eigenvalue weighted by Crippen LogP contribution is -1.99. The Balaban J connectivity index is 2.00. The zero-order valence-corrected chi connectivity index (χ0v) is 15.5. The summed E-state index contributed by atoms with van der Waals surface area (Å²) in [6.45, 7) is 0. The van der Waals surface area contributed by atoms with Crippen molar-refractivity contribution in [3.8, 4) is 28.2 Å². The van der Waals surface area contributed by atoms with Crippen LogP contribution in [0.3, 0.4) is 0 Å². The lowest BCUT2D eigenvalue weighted by molar-refractivity contribution is 0.511. The van der Waals surface area contributed by atoms with Gasteiger partial charge in [0.15, 0.2) is 11.6 Å². The fourth-order valence-electron chi connectivity index (χ4n) is 3.89. The van der Waals surface area contributed by atoms with Crippen LogP contribution in [-0.2, 0) is 0 Å². The monoisotopic (exact) mass is 381 g/mol. The van der Waals surface area contributed by atoms with E-state index >= 15 is 0 Å². The molecule has 0 unspecified atom stereocenters. The zero-order valence-electron chi connectivity index (χ0n) is 15.5. The van der Waals surface area contributed by atoms with Crippen LogP contribution in [-0.4, -0.2) is 4.57 Å². The van der Waals surface area contributed by atoms with Crippen molar-refractivity contribution in [1.82, 2.24) is 4.57 Å². The number of benzene rings is 4. The molecule has 5 rings (SSSR count). The van der Waals surface area contributed by atoms with E-state index in [0.29, 0.717) is 10.8 Å². The van der Waals surface area contributed by atoms with E-state index in [1.165, 1.54) is 12.1 Å². The van der Waals surface area contributed by atoms with Crippen molar-refractivity contribution >= 4 is 10.8 Å². The minimum Gasteiger partial charge on any atom is -0.308 e. The van der Waals surface area contributed by atoms with E-state index in [0.717, 1.165) is 28.2 Å². The Bertz CT molecular complexity index is 1210. The van der Waals surface area contributed by atoms with Gasteiger partial charge < -0.3 is 4.57 Å². The molecule has 0 saturated carbocycles. The van der Waals surface area contributed by atoms with Gasteiger partial charge in [0.25, 0.3) is 0 Å². The Kier molecular flexibility index (Phi) is 4.21. The summed E-state index contributed by atoms with van der Waals surface area (Å²) >= 11 is 0. The average Bonchev–Trinajstić information content (AvgIpc) is 3.10. The first kappa shape index (κ1) is 17.4. The van der Waals surface area contributed by atoms with E-state index in [4.69, 9.17) is 0 Å². The van der Waals surface area contributed by atoms with Gasteiger partial charge in [-0.25, -0.2) is 8.78 Å². The molecule has 0 N–H and O–H groups in total. The van der Waals surface area contributed by atoms with E-state index in [2.05, 4.69) is 4.57 Å². The second kappa shape index (κ2) is 7.02. The van der Waals surface area contributed by atoms with Crippen molar-refractivity contribution in [1.29, 1.82) is 0 Å². The number of hydrogen-bond donors (Lipinski definition) is 0. The lowest BCUT2D eigenvalue weighted by atomic mass is 10.0. The van der Waals surface area contributed by atoms with Gasteiger partial charge in [-0.2, -0.15) is 0 Å². The molecule has 0 fully saturated rings. The van der Waals surface area contributed by atoms with Crippen LogP contribution in [0.4, 0.5) is 8.78 Å². The first-order chi connectivity index (χ1) is 14.2. The maximum absolute atomic E-state index is 14.3. The smallest absolute Gasteiger partial charge is 0.159 e. The second-order valence-corrected chi connectivity index (χ2v) is 6.91. The SMILES string of the molecule is Fc1cc2c(-c3ccccc3)n(-c3ccccc3)c(-c3ccccc3)c2cc1F. The zero-order chi connectivity index (χ0) is 19.8. The number of aromatic nitrogens is 1.